The molecule has 0 atom stereocenters. The average molecular weight is 252 g/mol. The minimum atomic E-state index is -1.06. The van der Waals surface area contributed by atoms with Gasteiger partial charge in [0.15, 0.2) is 0 Å². The van der Waals surface area contributed by atoms with Crippen molar-refractivity contribution in [1.82, 2.24) is 0 Å². The van der Waals surface area contributed by atoms with Gasteiger partial charge in [-0.15, -0.1) is 0 Å². The van der Waals surface area contributed by atoms with Crippen molar-refractivity contribution in [2.24, 2.45) is 0 Å². The van der Waals surface area contributed by atoms with Gasteiger partial charge < -0.3 is 15.3 Å². The van der Waals surface area contributed by atoms with E-state index in [0.717, 1.165) is 0 Å². The van der Waals surface area contributed by atoms with Crippen LogP contribution in [0.2, 0.25) is 0 Å². The van der Waals surface area contributed by atoms with Crippen molar-refractivity contribution in [2.45, 2.75) is 6.92 Å². The van der Waals surface area contributed by atoms with Crippen LogP contribution in [0.25, 0.3) is 0 Å². The Morgan fingerprint density at radius 2 is 1.11 bits per heavy atom. The second-order valence-electron chi connectivity index (χ2n) is 3.27. The molecule has 0 bridgehead atoms. The molecule has 6 heteroatoms. The molecule has 0 aliphatic rings. The third kappa shape index (κ3) is 5.45. The van der Waals surface area contributed by atoms with Crippen LogP contribution in [0.5, 0.6) is 0 Å². The quantitative estimate of drug-likeness (QED) is 0.706. The Morgan fingerprint density at radius 1 is 0.889 bits per heavy atom. The third-order valence-corrected chi connectivity index (χ3v) is 1.74. The zero-order valence-corrected chi connectivity index (χ0v) is 9.58. The molecule has 0 saturated carbocycles. The Kier molecular flexibility index (Phi) is 5.85. The van der Waals surface area contributed by atoms with E-state index in [4.69, 9.17) is 15.3 Å². The zero-order chi connectivity index (χ0) is 14.3. The summed E-state index contributed by atoms with van der Waals surface area (Å²) >= 11 is 0. The van der Waals surface area contributed by atoms with Crippen LogP contribution in [-0.2, 0) is 4.79 Å². The molecule has 0 fully saturated rings. The van der Waals surface area contributed by atoms with Crippen LogP contribution in [0.3, 0.4) is 0 Å². The molecule has 1 aromatic carbocycles. The van der Waals surface area contributed by atoms with E-state index in [-0.39, 0.29) is 16.7 Å². The van der Waals surface area contributed by atoms with E-state index < -0.39 is 17.9 Å². The Bertz CT molecular complexity index is 427. The lowest BCUT2D eigenvalue weighted by molar-refractivity contribution is -0.132. The van der Waals surface area contributed by atoms with Crippen LogP contribution in [0.15, 0.2) is 36.4 Å². The monoisotopic (exact) mass is 252 g/mol. The molecular weight excluding hydrogens is 240 g/mol. The Balaban J connectivity index is 0.000000411. The maximum atomic E-state index is 10.3. The maximum Gasteiger partial charge on any atom is 0.335 e. The minimum absolute atomic E-state index is 0.0833. The van der Waals surface area contributed by atoms with Crippen molar-refractivity contribution >= 4 is 17.9 Å². The number of rotatable bonds is 3. The molecule has 0 aliphatic heterocycles. The van der Waals surface area contributed by atoms with Gasteiger partial charge in [-0.2, -0.15) is 0 Å². The molecule has 1 rings (SSSR count). The second kappa shape index (κ2) is 6.85. The van der Waals surface area contributed by atoms with Crippen LogP contribution in [0, 0.1) is 0 Å². The fourth-order valence-electron chi connectivity index (χ4n) is 0.755. The SMILES string of the molecule is C=C(C)C(=O)O.O=C(O)c1ccc(C(=O)O)cc1. The van der Waals surface area contributed by atoms with Gasteiger partial charge in [-0.3, -0.25) is 0 Å². The highest BCUT2D eigenvalue weighted by atomic mass is 16.4. The first-order valence-corrected chi connectivity index (χ1v) is 4.71. The number of aromatic carboxylic acids is 2. The molecule has 1 aromatic rings. The number of hydrogen-bond acceptors (Lipinski definition) is 3. The summed E-state index contributed by atoms with van der Waals surface area (Å²) in [5.74, 6) is -3.06. The van der Waals surface area contributed by atoms with Crippen LogP contribution < -0.4 is 0 Å². The van der Waals surface area contributed by atoms with Gasteiger partial charge in [-0.05, 0) is 31.2 Å². The van der Waals surface area contributed by atoms with Crippen molar-refractivity contribution < 1.29 is 29.7 Å². The Labute approximate surface area is 103 Å². The van der Waals surface area contributed by atoms with Gasteiger partial charge in [0, 0.05) is 5.57 Å². The van der Waals surface area contributed by atoms with Gasteiger partial charge in [-0.1, -0.05) is 6.58 Å². The van der Waals surface area contributed by atoms with E-state index in [0.29, 0.717) is 0 Å². The van der Waals surface area contributed by atoms with Gasteiger partial charge in [0.05, 0.1) is 11.1 Å². The molecule has 0 aliphatic carbocycles. The summed E-state index contributed by atoms with van der Waals surface area (Å²) in [5.41, 5.74) is 0.343. The van der Waals surface area contributed by atoms with E-state index in [1.54, 1.807) is 0 Å². The number of hydrogen-bond donors (Lipinski definition) is 3. The number of carboxylic acids is 3. The van der Waals surface area contributed by atoms with E-state index in [2.05, 4.69) is 6.58 Å². The van der Waals surface area contributed by atoms with Gasteiger partial charge in [0.25, 0.3) is 0 Å². The van der Waals surface area contributed by atoms with Crippen LogP contribution in [0.1, 0.15) is 27.6 Å². The van der Waals surface area contributed by atoms with E-state index >= 15 is 0 Å². The summed E-state index contributed by atoms with van der Waals surface area (Å²) in [6.45, 7) is 4.60. The van der Waals surface area contributed by atoms with Crippen molar-refractivity contribution in [2.75, 3.05) is 0 Å². The van der Waals surface area contributed by atoms with Crippen molar-refractivity contribution in [1.29, 1.82) is 0 Å². The molecular formula is C12H12O6. The van der Waals surface area contributed by atoms with Crippen LogP contribution in [-0.4, -0.2) is 33.2 Å². The first-order chi connectivity index (χ1) is 8.25. The van der Waals surface area contributed by atoms with Crippen molar-refractivity contribution in [3.05, 3.63) is 47.5 Å². The normalized spacial score (nSPS) is 8.72. The molecule has 96 valence electrons. The molecule has 0 aromatic heterocycles. The molecule has 18 heavy (non-hydrogen) atoms. The minimum Gasteiger partial charge on any atom is -0.478 e. The molecule has 0 amide bonds. The lowest BCUT2D eigenvalue weighted by atomic mass is 10.1. The fourth-order valence-corrected chi connectivity index (χ4v) is 0.755. The average Bonchev–Trinajstić information content (AvgIpc) is 2.29. The van der Waals surface area contributed by atoms with Gasteiger partial charge >= 0.3 is 17.9 Å². The Hall–Kier alpha value is -2.63. The molecule has 3 N–H and O–H groups in total. The van der Waals surface area contributed by atoms with E-state index in [9.17, 15) is 14.4 Å². The van der Waals surface area contributed by atoms with Crippen molar-refractivity contribution in [3.63, 3.8) is 0 Å². The summed E-state index contributed by atoms with van der Waals surface area (Å²) in [6, 6.07) is 5.02. The predicted octanol–water partition coefficient (Wildman–Crippen LogP) is 1.73. The van der Waals surface area contributed by atoms with Gasteiger partial charge in [-0.25, -0.2) is 14.4 Å². The number of carbonyl (C=O) groups is 3. The fraction of sp³-hybridized carbons (Fsp3) is 0.0833. The molecule has 0 radical (unpaired) electrons. The highest BCUT2D eigenvalue weighted by molar-refractivity contribution is 5.91. The number of aliphatic carboxylic acids is 1. The summed E-state index contributed by atoms with van der Waals surface area (Å²) < 4.78 is 0. The molecule has 0 spiro atoms. The lowest BCUT2D eigenvalue weighted by Crippen LogP contribution is -1.99. The van der Waals surface area contributed by atoms with Crippen LogP contribution >= 0.6 is 0 Å². The summed E-state index contributed by atoms with van der Waals surface area (Å²) in [4.78, 5) is 30.3. The highest BCUT2D eigenvalue weighted by Crippen LogP contribution is 2.03. The number of carboxylic acid groups (broad SMARTS) is 3. The summed E-state index contributed by atoms with van der Waals surface area (Å²) in [5, 5.41) is 24.8. The van der Waals surface area contributed by atoms with E-state index in [1.807, 2.05) is 0 Å². The second-order valence-corrected chi connectivity index (χ2v) is 3.27. The first-order valence-electron chi connectivity index (χ1n) is 4.71. The highest BCUT2D eigenvalue weighted by Gasteiger charge is 2.04. The maximum absolute atomic E-state index is 10.3. The first kappa shape index (κ1) is 15.4. The molecule has 0 unspecified atom stereocenters. The largest absolute Gasteiger partial charge is 0.478 e. The smallest absolute Gasteiger partial charge is 0.335 e. The van der Waals surface area contributed by atoms with Gasteiger partial charge in [0.1, 0.15) is 0 Å². The lowest BCUT2D eigenvalue weighted by Gasteiger charge is -1.94. The van der Waals surface area contributed by atoms with E-state index in [1.165, 1.54) is 31.2 Å². The standard InChI is InChI=1S/C8H6O4.C4H6O2/c9-7(10)5-1-2-6(4-3-5)8(11)12;1-3(2)4(5)6/h1-4H,(H,9,10)(H,11,12);1H2,2H3,(H,5,6). The third-order valence-electron chi connectivity index (χ3n) is 1.74. The molecule has 0 heterocycles. The molecule has 6 nitrogen and oxygen atoms in total. The topological polar surface area (TPSA) is 112 Å². The number of benzene rings is 1. The summed E-state index contributed by atoms with van der Waals surface area (Å²) in [7, 11) is 0. The van der Waals surface area contributed by atoms with Crippen LogP contribution in [0.4, 0.5) is 0 Å². The van der Waals surface area contributed by atoms with Gasteiger partial charge in [0.2, 0.25) is 0 Å². The Morgan fingerprint density at radius 3 is 1.22 bits per heavy atom. The molecule has 0 saturated heterocycles. The van der Waals surface area contributed by atoms with Crippen molar-refractivity contribution in [3.8, 4) is 0 Å². The summed E-state index contributed by atoms with van der Waals surface area (Å²) in [6.07, 6.45) is 0. The predicted molar refractivity (Wildman–Crippen MR) is 62.8 cm³/mol. The zero-order valence-electron chi connectivity index (χ0n) is 9.58.